The molecular weight excluding hydrogens is 408 g/mol. The molecule has 3 heteroatoms. The third-order valence-corrected chi connectivity index (χ3v) is 11.7. The van der Waals surface area contributed by atoms with Crippen molar-refractivity contribution in [3.8, 4) is 0 Å². The maximum Gasteiger partial charge on any atom is 0.330 e. The fourth-order valence-electron chi connectivity index (χ4n) is 9.29. The van der Waals surface area contributed by atoms with Crippen LogP contribution in [0, 0.1) is 39.4 Å². The normalized spacial score (nSPS) is 41.3. The van der Waals surface area contributed by atoms with Crippen LogP contribution in [0.5, 0.6) is 0 Å². The van der Waals surface area contributed by atoms with E-state index in [0.29, 0.717) is 34.5 Å². The minimum absolute atomic E-state index is 0.193. The van der Waals surface area contributed by atoms with E-state index in [4.69, 9.17) is 5.11 Å². The Bertz CT molecular complexity index is 908. The number of ketones is 1. The largest absolute Gasteiger partial charge is 0.478 e. The van der Waals surface area contributed by atoms with E-state index in [1.165, 1.54) is 38.5 Å². The molecule has 4 aliphatic carbocycles. The van der Waals surface area contributed by atoms with Crippen molar-refractivity contribution in [2.24, 2.45) is 39.4 Å². The van der Waals surface area contributed by atoms with Gasteiger partial charge < -0.3 is 5.11 Å². The van der Waals surface area contributed by atoms with Gasteiger partial charge in [0.25, 0.3) is 0 Å². The molecule has 0 unspecified atom stereocenters. The van der Waals surface area contributed by atoms with Crippen LogP contribution in [-0.4, -0.2) is 16.9 Å². The standard InChI is InChI=1S/C30H46O3/c1-19(9-8-10-20(2)26(32)33)21-13-17-30(7)23-11-12-24-27(3,4)25(31)15-16-28(24,5)22(23)14-18-29(21,30)6/h10,19,21,24H,8-9,11-18H2,1-7H3,(H,32,33)/t19-,21-,24+,28-,29-,30+/m1/s1. The lowest BCUT2D eigenvalue weighted by Crippen LogP contribution is -2.53. The monoisotopic (exact) mass is 454 g/mol. The smallest absolute Gasteiger partial charge is 0.330 e. The second-order valence-corrected chi connectivity index (χ2v) is 13.3. The maximum atomic E-state index is 12.8. The number of allylic oxidation sites excluding steroid dienone is 3. The molecule has 33 heavy (non-hydrogen) atoms. The van der Waals surface area contributed by atoms with Gasteiger partial charge in [-0.2, -0.15) is 0 Å². The van der Waals surface area contributed by atoms with Crippen molar-refractivity contribution in [2.75, 3.05) is 0 Å². The molecule has 0 aromatic carbocycles. The highest BCUT2D eigenvalue weighted by Gasteiger charge is 2.63. The zero-order valence-corrected chi connectivity index (χ0v) is 22.1. The molecule has 4 aliphatic rings. The van der Waals surface area contributed by atoms with Gasteiger partial charge in [-0.25, -0.2) is 4.79 Å². The summed E-state index contributed by atoms with van der Waals surface area (Å²) in [7, 11) is 0. The van der Waals surface area contributed by atoms with Crippen LogP contribution < -0.4 is 0 Å². The first-order chi connectivity index (χ1) is 15.3. The number of carbonyl (C=O) groups is 2. The number of Topliss-reactive ketones (excluding diaryl/α,β-unsaturated/α-hetero) is 1. The van der Waals surface area contributed by atoms with Crippen LogP contribution in [0.1, 0.15) is 113 Å². The number of hydrogen-bond acceptors (Lipinski definition) is 2. The highest BCUT2D eigenvalue weighted by Crippen LogP contribution is 2.72. The second kappa shape index (κ2) is 8.09. The molecule has 0 heterocycles. The van der Waals surface area contributed by atoms with Crippen LogP contribution in [-0.2, 0) is 9.59 Å². The zero-order chi connectivity index (χ0) is 24.4. The van der Waals surface area contributed by atoms with Crippen molar-refractivity contribution in [3.05, 3.63) is 22.8 Å². The number of aliphatic carboxylic acids is 1. The van der Waals surface area contributed by atoms with Gasteiger partial charge in [-0.1, -0.05) is 58.8 Å². The van der Waals surface area contributed by atoms with E-state index in [0.717, 1.165) is 25.7 Å². The Labute approximate surface area is 201 Å². The van der Waals surface area contributed by atoms with Crippen molar-refractivity contribution < 1.29 is 14.7 Å². The molecule has 2 saturated carbocycles. The Morgan fingerprint density at radius 2 is 1.73 bits per heavy atom. The summed E-state index contributed by atoms with van der Waals surface area (Å²) in [6.45, 7) is 16.2. The molecule has 6 atom stereocenters. The molecule has 0 amide bonds. The quantitative estimate of drug-likeness (QED) is 0.341. The Kier molecular flexibility index (Phi) is 6.07. The lowest BCUT2D eigenvalue weighted by Gasteiger charge is -2.61. The topological polar surface area (TPSA) is 54.4 Å². The summed E-state index contributed by atoms with van der Waals surface area (Å²) in [5.41, 5.74) is 4.58. The molecule has 184 valence electrons. The molecule has 0 aromatic rings. The van der Waals surface area contributed by atoms with Crippen molar-refractivity contribution >= 4 is 11.8 Å². The fraction of sp³-hybridized carbons (Fsp3) is 0.800. The van der Waals surface area contributed by atoms with Crippen LogP contribution >= 0.6 is 0 Å². The molecule has 0 aliphatic heterocycles. The van der Waals surface area contributed by atoms with Gasteiger partial charge in [0.15, 0.2) is 0 Å². The van der Waals surface area contributed by atoms with E-state index in [1.807, 2.05) is 6.08 Å². The summed E-state index contributed by atoms with van der Waals surface area (Å²) in [5, 5.41) is 9.16. The van der Waals surface area contributed by atoms with Gasteiger partial charge in [0.2, 0.25) is 0 Å². The molecule has 1 N–H and O–H groups in total. The second-order valence-electron chi connectivity index (χ2n) is 13.3. The van der Waals surface area contributed by atoms with Crippen molar-refractivity contribution in [1.29, 1.82) is 0 Å². The minimum atomic E-state index is -0.800. The van der Waals surface area contributed by atoms with E-state index < -0.39 is 5.97 Å². The van der Waals surface area contributed by atoms with E-state index in [9.17, 15) is 9.59 Å². The number of carbonyl (C=O) groups excluding carboxylic acids is 1. The minimum Gasteiger partial charge on any atom is -0.478 e. The lowest BCUT2D eigenvalue weighted by atomic mass is 9.43. The van der Waals surface area contributed by atoms with Gasteiger partial charge in [-0.05, 0) is 98.7 Å². The Hall–Kier alpha value is -1.38. The molecule has 3 nitrogen and oxygen atoms in total. The van der Waals surface area contributed by atoms with Gasteiger partial charge in [0.1, 0.15) is 5.78 Å². The molecule has 0 bridgehead atoms. The third-order valence-electron chi connectivity index (χ3n) is 11.7. The molecule has 0 saturated heterocycles. The fourth-order valence-corrected chi connectivity index (χ4v) is 9.29. The molecule has 0 spiro atoms. The summed E-state index contributed by atoms with van der Waals surface area (Å²) < 4.78 is 0. The van der Waals surface area contributed by atoms with Crippen LogP contribution in [0.15, 0.2) is 22.8 Å². The highest BCUT2D eigenvalue weighted by atomic mass is 16.4. The van der Waals surface area contributed by atoms with E-state index in [2.05, 4.69) is 41.5 Å². The molecular formula is C30H46O3. The zero-order valence-electron chi connectivity index (χ0n) is 22.1. The first-order valence-electron chi connectivity index (χ1n) is 13.5. The summed E-state index contributed by atoms with van der Waals surface area (Å²) in [5.74, 6) is 1.47. The van der Waals surface area contributed by atoms with Gasteiger partial charge in [-0.3, -0.25) is 4.79 Å². The van der Waals surface area contributed by atoms with Crippen LogP contribution in [0.4, 0.5) is 0 Å². The predicted octanol–water partition coefficient (Wildman–Crippen LogP) is 7.75. The average molecular weight is 455 g/mol. The SMILES string of the molecule is CC(=CCC[C@@H](C)[C@H]1CC[C@@]2(C)C3=C(CC[C@]12C)[C@@]1(C)CCC(=O)C(C)(C)[C@@H]1CC3)C(=O)O. The van der Waals surface area contributed by atoms with E-state index in [1.54, 1.807) is 18.1 Å². The third kappa shape index (κ3) is 3.50. The van der Waals surface area contributed by atoms with Crippen LogP contribution in [0.25, 0.3) is 0 Å². The Morgan fingerprint density at radius 3 is 2.39 bits per heavy atom. The number of carboxylic acids is 1. The van der Waals surface area contributed by atoms with Gasteiger partial charge in [0.05, 0.1) is 0 Å². The van der Waals surface area contributed by atoms with Crippen molar-refractivity contribution in [1.82, 2.24) is 0 Å². The molecule has 0 aromatic heterocycles. The Morgan fingerprint density at radius 1 is 1.03 bits per heavy atom. The van der Waals surface area contributed by atoms with Crippen LogP contribution in [0.2, 0.25) is 0 Å². The first kappa shape index (κ1) is 24.7. The number of hydrogen-bond donors (Lipinski definition) is 1. The van der Waals surface area contributed by atoms with E-state index >= 15 is 0 Å². The first-order valence-corrected chi connectivity index (χ1v) is 13.5. The van der Waals surface area contributed by atoms with E-state index in [-0.39, 0.29) is 16.2 Å². The molecule has 2 fully saturated rings. The van der Waals surface area contributed by atoms with Gasteiger partial charge in [-0.15, -0.1) is 0 Å². The van der Waals surface area contributed by atoms with Crippen molar-refractivity contribution in [3.63, 3.8) is 0 Å². The molecule has 4 rings (SSSR count). The van der Waals surface area contributed by atoms with Gasteiger partial charge >= 0.3 is 5.97 Å². The number of fused-ring (bicyclic) bond motifs is 4. The van der Waals surface area contributed by atoms with Crippen molar-refractivity contribution in [2.45, 2.75) is 113 Å². The average Bonchev–Trinajstić information content (AvgIpc) is 3.02. The number of carboxylic acid groups (broad SMARTS) is 1. The Balaban J connectivity index is 1.61. The lowest BCUT2D eigenvalue weighted by molar-refractivity contribution is -0.139. The predicted molar refractivity (Wildman–Crippen MR) is 134 cm³/mol. The number of rotatable bonds is 5. The van der Waals surface area contributed by atoms with Crippen LogP contribution in [0.3, 0.4) is 0 Å². The van der Waals surface area contributed by atoms with Gasteiger partial charge in [0, 0.05) is 17.4 Å². The maximum absolute atomic E-state index is 12.8. The summed E-state index contributed by atoms with van der Waals surface area (Å²) >= 11 is 0. The summed E-state index contributed by atoms with van der Waals surface area (Å²) in [4.78, 5) is 23.9. The molecule has 0 radical (unpaired) electrons. The summed E-state index contributed by atoms with van der Waals surface area (Å²) in [6, 6.07) is 0. The summed E-state index contributed by atoms with van der Waals surface area (Å²) in [6.07, 6.45) is 13.0. The highest BCUT2D eigenvalue weighted by molar-refractivity contribution is 5.86.